The summed E-state index contributed by atoms with van der Waals surface area (Å²) in [7, 11) is 1.56. The summed E-state index contributed by atoms with van der Waals surface area (Å²) in [6, 6.07) is 13.7. The predicted octanol–water partition coefficient (Wildman–Crippen LogP) is 3.21. The van der Waals surface area contributed by atoms with Crippen LogP contribution in [0.15, 0.2) is 53.4 Å². The summed E-state index contributed by atoms with van der Waals surface area (Å²) < 4.78 is 5.16. The van der Waals surface area contributed by atoms with E-state index in [1.54, 1.807) is 49.2 Å². The van der Waals surface area contributed by atoms with Gasteiger partial charge in [-0.3, -0.25) is 14.5 Å². The Bertz CT molecular complexity index is 932. The Balaban J connectivity index is 1.77. The number of nitrogens with zero attached hydrogens (tertiary/aromatic N) is 1. The molecule has 0 aliphatic carbocycles. The van der Waals surface area contributed by atoms with Crippen LogP contribution in [0.1, 0.15) is 18.9 Å². The van der Waals surface area contributed by atoms with Crippen LogP contribution in [0.4, 0.5) is 10.5 Å². The molecule has 0 spiro atoms. The fourth-order valence-corrected chi connectivity index (χ4v) is 3.79. The van der Waals surface area contributed by atoms with Crippen molar-refractivity contribution < 1.29 is 19.1 Å². The number of benzene rings is 2. The van der Waals surface area contributed by atoms with E-state index in [1.807, 2.05) is 31.4 Å². The highest BCUT2D eigenvalue weighted by Gasteiger charge is 2.51. The lowest BCUT2D eigenvalue weighted by Crippen LogP contribution is -2.44. The van der Waals surface area contributed by atoms with Crippen molar-refractivity contribution in [1.82, 2.24) is 10.2 Å². The summed E-state index contributed by atoms with van der Waals surface area (Å²) in [6.45, 7) is 1.46. The molecule has 7 nitrogen and oxygen atoms in total. The molecule has 4 amide bonds. The monoisotopic (exact) mass is 413 g/mol. The lowest BCUT2D eigenvalue weighted by Gasteiger charge is -2.26. The Morgan fingerprint density at radius 1 is 1.21 bits per heavy atom. The molecule has 0 saturated carbocycles. The second kappa shape index (κ2) is 8.57. The number of hydrogen-bond acceptors (Lipinski definition) is 5. The van der Waals surface area contributed by atoms with Crippen LogP contribution in [0.25, 0.3) is 0 Å². The minimum absolute atomic E-state index is 0.355. The van der Waals surface area contributed by atoms with Gasteiger partial charge in [0, 0.05) is 10.6 Å². The van der Waals surface area contributed by atoms with Crippen LogP contribution < -0.4 is 15.4 Å². The molecule has 3 rings (SSSR count). The molecule has 1 atom stereocenters. The lowest BCUT2D eigenvalue weighted by molar-refractivity contribution is -0.134. The van der Waals surface area contributed by atoms with Gasteiger partial charge in [-0.25, -0.2) is 4.79 Å². The van der Waals surface area contributed by atoms with Gasteiger partial charge in [0.1, 0.15) is 17.8 Å². The maximum atomic E-state index is 13.1. The number of ether oxygens (including phenoxy) is 1. The first-order valence-electron chi connectivity index (χ1n) is 9.16. The molecule has 1 heterocycles. The molecule has 2 N–H and O–H groups in total. The molecule has 0 radical (unpaired) electrons. The quantitative estimate of drug-likeness (QED) is 0.538. The molecule has 1 saturated heterocycles. The number of urea groups is 1. The first-order valence-corrected chi connectivity index (χ1v) is 10.4. The maximum absolute atomic E-state index is 13.1. The highest BCUT2D eigenvalue weighted by atomic mass is 32.2. The number of nitrogens with one attached hydrogen (secondary N) is 2. The summed E-state index contributed by atoms with van der Waals surface area (Å²) in [4.78, 5) is 40.1. The smallest absolute Gasteiger partial charge is 0.325 e. The molecule has 29 heavy (non-hydrogen) atoms. The minimum atomic E-state index is -1.19. The standard InChI is InChI=1S/C21H23N3O4S/c1-4-21(14-8-10-16(28-2)11-9-14)19(26)24(20(27)23-21)13-18(25)22-15-6-5-7-17(12-15)29-3/h5-12H,4,13H2,1-3H3,(H,22,25)(H,23,27)/t21-/m0/s1. The first-order chi connectivity index (χ1) is 13.9. The van der Waals surface area contributed by atoms with E-state index in [-0.39, 0.29) is 6.54 Å². The summed E-state index contributed by atoms with van der Waals surface area (Å²) >= 11 is 1.56. The van der Waals surface area contributed by atoms with Crippen LogP contribution in [0.5, 0.6) is 5.75 Å². The third-order valence-electron chi connectivity index (χ3n) is 4.94. The average Bonchev–Trinajstić information content (AvgIpc) is 2.99. The maximum Gasteiger partial charge on any atom is 0.325 e. The number of methoxy groups -OCH3 is 1. The topological polar surface area (TPSA) is 87.7 Å². The van der Waals surface area contributed by atoms with Gasteiger partial charge in [0.25, 0.3) is 5.91 Å². The van der Waals surface area contributed by atoms with Crippen LogP contribution in [0.3, 0.4) is 0 Å². The van der Waals surface area contributed by atoms with Gasteiger partial charge >= 0.3 is 6.03 Å². The Morgan fingerprint density at radius 2 is 1.93 bits per heavy atom. The Hall–Kier alpha value is -3.00. The van der Waals surface area contributed by atoms with Crippen LogP contribution in [0, 0.1) is 0 Å². The molecule has 0 unspecified atom stereocenters. The third kappa shape index (κ3) is 4.07. The fraction of sp³-hybridized carbons (Fsp3) is 0.286. The van der Waals surface area contributed by atoms with Crippen molar-refractivity contribution in [3.63, 3.8) is 0 Å². The van der Waals surface area contributed by atoms with Crippen molar-refractivity contribution in [1.29, 1.82) is 0 Å². The van der Waals surface area contributed by atoms with Crippen LogP contribution in [-0.2, 0) is 15.1 Å². The van der Waals surface area contributed by atoms with Gasteiger partial charge in [0.05, 0.1) is 7.11 Å². The Labute approximate surface area is 173 Å². The molecule has 0 bridgehead atoms. The highest BCUT2D eigenvalue weighted by molar-refractivity contribution is 7.98. The van der Waals surface area contributed by atoms with Crippen LogP contribution in [0.2, 0.25) is 0 Å². The fourth-order valence-electron chi connectivity index (χ4n) is 3.33. The zero-order valence-corrected chi connectivity index (χ0v) is 17.3. The Morgan fingerprint density at radius 3 is 2.55 bits per heavy atom. The molecule has 1 aliphatic rings. The average molecular weight is 413 g/mol. The molecule has 1 fully saturated rings. The van der Waals surface area contributed by atoms with E-state index in [9.17, 15) is 14.4 Å². The van der Waals surface area contributed by atoms with Gasteiger partial charge in [-0.15, -0.1) is 11.8 Å². The largest absolute Gasteiger partial charge is 0.497 e. The molecule has 0 aromatic heterocycles. The van der Waals surface area contributed by atoms with Crippen molar-refractivity contribution in [3.8, 4) is 5.75 Å². The second-order valence-corrected chi connectivity index (χ2v) is 7.47. The molecular formula is C21H23N3O4S. The van der Waals surface area contributed by atoms with Crippen molar-refractivity contribution in [2.24, 2.45) is 0 Å². The van der Waals surface area contributed by atoms with E-state index in [1.165, 1.54) is 0 Å². The number of amides is 4. The minimum Gasteiger partial charge on any atom is -0.497 e. The normalized spacial score (nSPS) is 18.5. The Kier molecular flexibility index (Phi) is 6.12. The van der Waals surface area contributed by atoms with E-state index in [0.29, 0.717) is 23.4 Å². The number of imide groups is 1. The van der Waals surface area contributed by atoms with Gasteiger partial charge < -0.3 is 15.4 Å². The molecule has 1 aliphatic heterocycles. The number of rotatable bonds is 7. The van der Waals surface area contributed by atoms with E-state index in [2.05, 4.69) is 10.6 Å². The van der Waals surface area contributed by atoms with E-state index < -0.39 is 23.4 Å². The van der Waals surface area contributed by atoms with Gasteiger partial charge in [-0.2, -0.15) is 0 Å². The van der Waals surface area contributed by atoms with Crippen molar-refractivity contribution in [2.45, 2.75) is 23.8 Å². The summed E-state index contributed by atoms with van der Waals surface area (Å²) in [5.41, 5.74) is 0.0723. The summed E-state index contributed by atoms with van der Waals surface area (Å²) in [5, 5.41) is 5.51. The number of carbonyl (C=O) groups is 3. The number of anilines is 1. The number of hydrogen-bond donors (Lipinski definition) is 2. The zero-order chi connectivity index (χ0) is 21.0. The van der Waals surface area contributed by atoms with Crippen LogP contribution in [-0.4, -0.2) is 42.7 Å². The highest BCUT2D eigenvalue weighted by Crippen LogP contribution is 2.33. The molecule has 152 valence electrons. The molecule has 8 heteroatoms. The lowest BCUT2D eigenvalue weighted by atomic mass is 9.87. The van der Waals surface area contributed by atoms with Gasteiger partial charge in [-0.1, -0.05) is 25.1 Å². The first kappa shape index (κ1) is 20.7. The van der Waals surface area contributed by atoms with Crippen molar-refractivity contribution in [2.75, 3.05) is 25.2 Å². The van der Waals surface area contributed by atoms with Gasteiger partial charge in [0.2, 0.25) is 5.91 Å². The van der Waals surface area contributed by atoms with Gasteiger partial charge in [-0.05, 0) is 48.6 Å². The van der Waals surface area contributed by atoms with E-state index in [4.69, 9.17) is 4.74 Å². The van der Waals surface area contributed by atoms with E-state index in [0.717, 1.165) is 9.80 Å². The number of carbonyl (C=O) groups excluding carboxylic acids is 3. The summed E-state index contributed by atoms with van der Waals surface area (Å²) in [5.74, 6) is -0.225. The molecular weight excluding hydrogens is 390 g/mol. The van der Waals surface area contributed by atoms with Crippen molar-refractivity contribution >= 4 is 35.3 Å². The van der Waals surface area contributed by atoms with E-state index >= 15 is 0 Å². The second-order valence-electron chi connectivity index (χ2n) is 6.59. The van der Waals surface area contributed by atoms with Gasteiger partial charge in [0.15, 0.2) is 0 Å². The van der Waals surface area contributed by atoms with Crippen molar-refractivity contribution in [3.05, 3.63) is 54.1 Å². The number of thioether (sulfide) groups is 1. The molecule has 2 aromatic carbocycles. The molecule has 2 aromatic rings. The zero-order valence-electron chi connectivity index (χ0n) is 16.5. The third-order valence-corrected chi connectivity index (χ3v) is 5.67. The van der Waals surface area contributed by atoms with Crippen LogP contribution >= 0.6 is 11.8 Å². The summed E-state index contributed by atoms with van der Waals surface area (Å²) in [6.07, 6.45) is 2.30. The predicted molar refractivity (Wildman–Crippen MR) is 112 cm³/mol. The SMILES string of the molecule is CC[C@@]1(c2ccc(OC)cc2)NC(=O)N(CC(=O)Nc2cccc(SC)c2)C1=O.